The molecule has 114 valence electrons. The number of anilines is 1. The van der Waals surface area contributed by atoms with E-state index in [2.05, 4.69) is 6.92 Å². The number of benzene rings is 1. The topological polar surface area (TPSA) is 35.2 Å². The van der Waals surface area contributed by atoms with Crippen LogP contribution in [0.15, 0.2) is 18.2 Å². The zero-order valence-electron chi connectivity index (χ0n) is 12.0. The summed E-state index contributed by atoms with van der Waals surface area (Å²) in [5.74, 6) is 0.320. The number of hydrogen-bond acceptors (Lipinski definition) is 2. The molecule has 2 N–H and O–H groups in total. The van der Waals surface area contributed by atoms with Gasteiger partial charge >= 0.3 is 6.18 Å². The van der Waals surface area contributed by atoms with Gasteiger partial charge in [-0.25, -0.2) is 0 Å². The van der Waals surface area contributed by atoms with Crippen LogP contribution in [0.1, 0.15) is 51.5 Å². The monoisotopic (exact) mass is 289 g/mol. The molecule has 0 spiro atoms. The Bertz CT molecular complexity index is 418. The van der Waals surface area contributed by atoms with Crippen molar-refractivity contribution >= 4 is 5.69 Å². The molecule has 1 aromatic carbocycles. The molecule has 0 bridgehead atoms. The first-order chi connectivity index (χ1) is 9.34. The van der Waals surface area contributed by atoms with Crippen molar-refractivity contribution in [3.05, 3.63) is 23.8 Å². The number of nitrogen functional groups attached to an aromatic ring is 1. The van der Waals surface area contributed by atoms with Crippen molar-refractivity contribution < 1.29 is 17.9 Å². The third kappa shape index (κ3) is 5.31. The van der Waals surface area contributed by atoms with Crippen molar-refractivity contribution in [2.45, 2.75) is 58.2 Å². The van der Waals surface area contributed by atoms with E-state index < -0.39 is 11.7 Å². The Hall–Kier alpha value is -1.39. The molecule has 0 fully saturated rings. The molecule has 0 aliphatic heterocycles. The molecule has 0 saturated heterocycles. The molecular formula is C15H22F3NO. The van der Waals surface area contributed by atoms with Crippen LogP contribution in [0.2, 0.25) is 0 Å². The average Bonchev–Trinajstić information content (AvgIpc) is 2.36. The summed E-state index contributed by atoms with van der Waals surface area (Å²) in [6.07, 6.45) is 1.00. The molecule has 0 aliphatic rings. The molecule has 0 heterocycles. The van der Waals surface area contributed by atoms with E-state index >= 15 is 0 Å². The van der Waals surface area contributed by atoms with Crippen LogP contribution in [0.3, 0.4) is 0 Å². The Balaban J connectivity index is 2.56. The minimum Gasteiger partial charge on any atom is -0.489 e. The van der Waals surface area contributed by atoms with Crippen molar-refractivity contribution in [3.63, 3.8) is 0 Å². The molecule has 1 atom stereocenters. The van der Waals surface area contributed by atoms with Crippen molar-refractivity contribution in [2.75, 3.05) is 5.73 Å². The van der Waals surface area contributed by atoms with Crippen molar-refractivity contribution in [1.82, 2.24) is 0 Å². The van der Waals surface area contributed by atoms with Gasteiger partial charge in [-0.1, -0.05) is 26.2 Å². The highest BCUT2D eigenvalue weighted by molar-refractivity contribution is 5.54. The molecule has 5 heteroatoms. The summed E-state index contributed by atoms with van der Waals surface area (Å²) in [5, 5.41) is 0. The zero-order valence-corrected chi connectivity index (χ0v) is 12.0. The summed E-state index contributed by atoms with van der Waals surface area (Å²) in [7, 11) is 0. The molecule has 0 saturated carbocycles. The van der Waals surface area contributed by atoms with Gasteiger partial charge in [-0.2, -0.15) is 13.2 Å². The van der Waals surface area contributed by atoms with Crippen molar-refractivity contribution in [1.29, 1.82) is 0 Å². The maximum Gasteiger partial charge on any atom is 0.416 e. The lowest BCUT2D eigenvalue weighted by atomic mass is 10.1. The quantitative estimate of drug-likeness (QED) is 0.564. The molecule has 0 unspecified atom stereocenters. The van der Waals surface area contributed by atoms with Gasteiger partial charge in [-0.15, -0.1) is 0 Å². The summed E-state index contributed by atoms with van der Waals surface area (Å²) in [4.78, 5) is 0. The third-order valence-electron chi connectivity index (χ3n) is 3.13. The molecule has 0 aliphatic carbocycles. The van der Waals surface area contributed by atoms with Gasteiger partial charge in [0.25, 0.3) is 0 Å². The first-order valence-electron chi connectivity index (χ1n) is 6.98. The molecule has 20 heavy (non-hydrogen) atoms. The van der Waals surface area contributed by atoms with Crippen LogP contribution < -0.4 is 10.5 Å². The maximum absolute atomic E-state index is 12.5. The minimum absolute atomic E-state index is 0.0280. The van der Waals surface area contributed by atoms with E-state index in [0.29, 0.717) is 5.75 Å². The van der Waals surface area contributed by atoms with Gasteiger partial charge in [0, 0.05) is 0 Å². The van der Waals surface area contributed by atoms with Gasteiger partial charge in [0.2, 0.25) is 0 Å². The van der Waals surface area contributed by atoms with Crippen LogP contribution in [0.5, 0.6) is 5.75 Å². The number of alkyl halides is 3. The first-order valence-corrected chi connectivity index (χ1v) is 6.98. The van der Waals surface area contributed by atoms with Crippen molar-refractivity contribution in [3.8, 4) is 5.75 Å². The summed E-state index contributed by atoms with van der Waals surface area (Å²) in [5.41, 5.74) is 4.89. The molecule has 0 radical (unpaired) electrons. The maximum atomic E-state index is 12.5. The SMILES string of the molecule is CCCCCC[C@H](C)Oc1ccc(C(F)(F)F)cc1N. The van der Waals surface area contributed by atoms with E-state index in [1.165, 1.54) is 18.9 Å². The number of nitrogens with two attached hydrogens (primary N) is 1. The van der Waals surface area contributed by atoms with Crippen LogP contribution in [0.4, 0.5) is 18.9 Å². The Labute approximate surface area is 118 Å². The summed E-state index contributed by atoms with van der Waals surface area (Å²) in [6.45, 7) is 4.05. The van der Waals surface area contributed by atoms with Gasteiger partial charge < -0.3 is 10.5 Å². The average molecular weight is 289 g/mol. The highest BCUT2D eigenvalue weighted by atomic mass is 19.4. The lowest BCUT2D eigenvalue weighted by Crippen LogP contribution is -2.13. The lowest BCUT2D eigenvalue weighted by Gasteiger charge is -2.17. The number of rotatable bonds is 7. The molecule has 1 rings (SSSR count). The Morgan fingerprint density at radius 2 is 1.90 bits per heavy atom. The number of unbranched alkanes of at least 4 members (excludes halogenated alkanes) is 3. The second kappa shape index (κ2) is 7.41. The highest BCUT2D eigenvalue weighted by Crippen LogP contribution is 2.34. The summed E-state index contributed by atoms with van der Waals surface area (Å²) in [6, 6.07) is 3.20. The predicted octanol–water partition coefficient (Wildman–Crippen LogP) is 5.03. The largest absolute Gasteiger partial charge is 0.489 e. The Morgan fingerprint density at radius 1 is 1.20 bits per heavy atom. The first kappa shape index (κ1) is 16.7. The lowest BCUT2D eigenvalue weighted by molar-refractivity contribution is -0.137. The van der Waals surface area contributed by atoms with Gasteiger partial charge in [-0.05, 0) is 38.0 Å². The van der Waals surface area contributed by atoms with E-state index in [4.69, 9.17) is 10.5 Å². The predicted molar refractivity (Wildman–Crippen MR) is 74.7 cm³/mol. The molecule has 2 nitrogen and oxygen atoms in total. The number of halogens is 3. The second-order valence-electron chi connectivity index (χ2n) is 5.03. The third-order valence-corrected chi connectivity index (χ3v) is 3.13. The van der Waals surface area contributed by atoms with Crippen LogP contribution in [-0.4, -0.2) is 6.10 Å². The standard InChI is InChI=1S/C15H22F3NO/c1-3-4-5-6-7-11(2)20-14-9-8-12(10-13(14)19)15(16,17)18/h8-11H,3-7,19H2,1-2H3/t11-/m0/s1. The van der Waals surface area contributed by atoms with E-state index in [0.717, 1.165) is 31.4 Å². The van der Waals surface area contributed by atoms with Crippen molar-refractivity contribution in [2.24, 2.45) is 0 Å². The van der Waals surface area contributed by atoms with Gasteiger partial charge in [0.1, 0.15) is 5.75 Å². The van der Waals surface area contributed by atoms with E-state index in [9.17, 15) is 13.2 Å². The van der Waals surface area contributed by atoms with Gasteiger partial charge in [0.05, 0.1) is 17.4 Å². The zero-order chi connectivity index (χ0) is 15.2. The van der Waals surface area contributed by atoms with Gasteiger partial charge in [-0.3, -0.25) is 0 Å². The fourth-order valence-electron chi connectivity index (χ4n) is 1.97. The highest BCUT2D eigenvalue weighted by Gasteiger charge is 2.31. The molecule has 1 aromatic rings. The Morgan fingerprint density at radius 3 is 2.45 bits per heavy atom. The van der Waals surface area contributed by atoms with E-state index in [-0.39, 0.29) is 11.8 Å². The van der Waals surface area contributed by atoms with Crippen LogP contribution >= 0.6 is 0 Å². The fourth-order valence-corrected chi connectivity index (χ4v) is 1.97. The van der Waals surface area contributed by atoms with E-state index in [1.54, 1.807) is 0 Å². The normalized spacial score (nSPS) is 13.2. The van der Waals surface area contributed by atoms with Crippen LogP contribution in [-0.2, 0) is 6.18 Å². The number of hydrogen-bond donors (Lipinski definition) is 1. The summed E-state index contributed by atoms with van der Waals surface area (Å²) >= 11 is 0. The van der Waals surface area contributed by atoms with Crippen LogP contribution in [0.25, 0.3) is 0 Å². The molecule has 0 amide bonds. The fraction of sp³-hybridized carbons (Fsp3) is 0.600. The van der Waals surface area contributed by atoms with Crippen LogP contribution in [0, 0.1) is 0 Å². The number of ether oxygens (including phenoxy) is 1. The van der Waals surface area contributed by atoms with E-state index in [1.807, 2.05) is 6.92 Å². The minimum atomic E-state index is -4.38. The molecule has 0 aromatic heterocycles. The smallest absolute Gasteiger partial charge is 0.416 e. The summed E-state index contributed by atoms with van der Waals surface area (Å²) < 4.78 is 43.1. The second-order valence-corrected chi connectivity index (χ2v) is 5.03. The Kier molecular flexibility index (Phi) is 6.17. The molecular weight excluding hydrogens is 267 g/mol. The van der Waals surface area contributed by atoms with Gasteiger partial charge in [0.15, 0.2) is 0 Å².